The standard InChI is InChI=1S/C25H22N2/c1-18(2)26-22-13-5-7-15-24(22)27(25-16-8-6-14-23(25)26)21-17-9-11-19-10-3-4-12-20(19)21/h3-18H,1-2H3. The van der Waals surface area contributed by atoms with Gasteiger partial charge in [-0.25, -0.2) is 0 Å². The molecule has 0 radical (unpaired) electrons. The molecule has 4 aromatic carbocycles. The van der Waals surface area contributed by atoms with E-state index in [2.05, 4.69) is 115 Å². The number of rotatable bonds is 2. The third kappa shape index (κ3) is 2.41. The van der Waals surface area contributed by atoms with Crippen molar-refractivity contribution in [3.8, 4) is 0 Å². The lowest BCUT2D eigenvalue weighted by Gasteiger charge is -2.42. The van der Waals surface area contributed by atoms with Crippen molar-refractivity contribution in [2.45, 2.75) is 19.9 Å². The zero-order valence-electron chi connectivity index (χ0n) is 15.6. The SMILES string of the molecule is CC(C)N1c2ccccc2N(c2cccc3ccccc23)c2ccccc21. The van der Waals surface area contributed by atoms with Crippen LogP contribution in [0.15, 0.2) is 91.0 Å². The van der Waals surface area contributed by atoms with Crippen LogP contribution in [0, 0.1) is 0 Å². The van der Waals surface area contributed by atoms with Gasteiger partial charge in [0.05, 0.1) is 28.4 Å². The molecular formula is C25H22N2. The molecule has 0 saturated carbocycles. The van der Waals surface area contributed by atoms with E-state index in [9.17, 15) is 0 Å². The number of nitrogens with zero attached hydrogens (tertiary/aromatic N) is 2. The number of benzene rings is 4. The van der Waals surface area contributed by atoms with Gasteiger partial charge >= 0.3 is 0 Å². The van der Waals surface area contributed by atoms with Gasteiger partial charge in [-0.2, -0.15) is 0 Å². The van der Waals surface area contributed by atoms with Gasteiger partial charge in [0, 0.05) is 11.4 Å². The van der Waals surface area contributed by atoms with E-state index in [0.717, 1.165) is 0 Å². The van der Waals surface area contributed by atoms with Crippen molar-refractivity contribution >= 4 is 39.2 Å². The molecule has 132 valence electrons. The van der Waals surface area contributed by atoms with E-state index in [1.54, 1.807) is 0 Å². The Morgan fingerprint density at radius 1 is 0.519 bits per heavy atom. The average molecular weight is 350 g/mol. The second-order valence-electron chi connectivity index (χ2n) is 7.27. The molecule has 0 saturated heterocycles. The average Bonchev–Trinajstić information content (AvgIpc) is 2.71. The molecule has 0 spiro atoms. The second kappa shape index (κ2) is 6.17. The van der Waals surface area contributed by atoms with E-state index < -0.39 is 0 Å². The van der Waals surface area contributed by atoms with Crippen LogP contribution >= 0.6 is 0 Å². The fraction of sp³-hybridized carbons (Fsp3) is 0.120. The first-order valence-corrected chi connectivity index (χ1v) is 9.51. The largest absolute Gasteiger partial charge is 0.336 e. The minimum atomic E-state index is 0.377. The highest BCUT2D eigenvalue weighted by molar-refractivity contribution is 6.05. The maximum atomic E-state index is 2.44. The van der Waals surface area contributed by atoms with Crippen LogP contribution in [0.3, 0.4) is 0 Å². The Morgan fingerprint density at radius 3 is 1.63 bits per heavy atom. The van der Waals surface area contributed by atoms with Crippen LogP contribution in [-0.4, -0.2) is 6.04 Å². The normalized spacial score (nSPS) is 13.0. The number of fused-ring (bicyclic) bond motifs is 3. The summed E-state index contributed by atoms with van der Waals surface area (Å²) in [5, 5.41) is 2.53. The predicted molar refractivity (Wildman–Crippen MR) is 116 cm³/mol. The lowest BCUT2D eigenvalue weighted by Crippen LogP contribution is -2.32. The van der Waals surface area contributed by atoms with E-state index in [-0.39, 0.29) is 0 Å². The highest BCUT2D eigenvalue weighted by Crippen LogP contribution is 2.52. The summed E-state index contributed by atoms with van der Waals surface area (Å²) in [6, 6.07) is 33.0. The van der Waals surface area contributed by atoms with Crippen LogP contribution in [0.2, 0.25) is 0 Å². The van der Waals surface area contributed by atoms with Crippen LogP contribution in [0.25, 0.3) is 10.8 Å². The minimum Gasteiger partial charge on any atom is -0.336 e. The summed E-state index contributed by atoms with van der Waals surface area (Å²) in [4.78, 5) is 4.85. The molecule has 0 atom stereocenters. The molecule has 1 aliphatic heterocycles. The Kier molecular flexibility index (Phi) is 3.64. The molecule has 2 nitrogen and oxygen atoms in total. The van der Waals surface area contributed by atoms with Crippen molar-refractivity contribution in [1.29, 1.82) is 0 Å². The van der Waals surface area contributed by atoms with Crippen LogP contribution in [0.4, 0.5) is 28.4 Å². The van der Waals surface area contributed by atoms with Gasteiger partial charge in [-0.1, -0.05) is 60.7 Å². The van der Waals surface area contributed by atoms with E-state index >= 15 is 0 Å². The summed E-state index contributed by atoms with van der Waals surface area (Å²) in [7, 11) is 0. The Balaban J connectivity index is 1.85. The zero-order chi connectivity index (χ0) is 18.4. The lowest BCUT2D eigenvalue weighted by atomic mass is 10.0. The topological polar surface area (TPSA) is 6.48 Å². The van der Waals surface area contributed by atoms with Gasteiger partial charge in [0.1, 0.15) is 0 Å². The first kappa shape index (κ1) is 16.0. The molecule has 5 rings (SSSR count). The summed E-state index contributed by atoms with van der Waals surface area (Å²) in [6.45, 7) is 4.50. The Labute approximate surface area is 160 Å². The molecule has 0 N–H and O–H groups in total. The fourth-order valence-electron chi connectivity index (χ4n) is 4.19. The molecule has 2 heteroatoms. The number of hydrogen-bond donors (Lipinski definition) is 0. The second-order valence-corrected chi connectivity index (χ2v) is 7.27. The van der Waals surface area contributed by atoms with Crippen molar-refractivity contribution in [1.82, 2.24) is 0 Å². The van der Waals surface area contributed by atoms with E-state index in [1.165, 1.54) is 39.2 Å². The summed E-state index contributed by atoms with van der Waals surface area (Å²) in [5.74, 6) is 0. The molecule has 0 unspecified atom stereocenters. The third-order valence-electron chi connectivity index (χ3n) is 5.29. The van der Waals surface area contributed by atoms with Crippen molar-refractivity contribution < 1.29 is 0 Å². The van der Waals surface area contributed by atoms with E-state index in [0.29, 0.717) is 6.04 Å². The Bertz CT molecular complexity index is 1080. The maximum absolute atomic E-state index is 2.44. The summed E-state index contributed by atoms with van der Waals surface area (Å²) < 4.78 is 0. The Hall–Kier alpha value is -3.26. The van der Waals surface area contributed by atoms with Crippen molar-refractivity contribution in [2.75, 3.05) is 9.80 Å². The molecule has 0 fully saturated rings. The van der Waals surface area contributed by atoms with Crippen molar-refractivity contribution in [3.05, 3.63) is 91.0 Å². The third-order valence-corrected chi connectivity index (χ3v) is 5.29. The molecular weight excluding hydrogens is 328 g/mol. The quantitative estimate of drug-likeness (QED) is 0.378. The molecule has 0 aromatic heterocycles. The highest BCUT2D eigenvalue weighted by Gasteiger charge is 2.30. The summed E-state index contributed by atoms with van der Waals surface area (Å²) in [5.41, 5.74) is 6.16. The van der Waals surface area contributed by atoms with E-state index in [4.69, 9.17) is 0 Å². The molecule has 27 heavy (non-hydrogen) atoms. The lowest BCUT2D eigenvalue weighted by molar-refractivity contribution is 0.783. The van der Waals surface area contributed by atoms with Crippen LogP contribution in [0.1, 0.15) is 13.8 Å². The smallest absolute Gasteiger partial charge is 0.0700 e. The maximum Gasteiger partial charge on any atom is 0.0700 e. The van der Waals surface area contributed by atoms with Gasteiger partial charge in [-0.3, -0.25) is 0 Å². The zero-order valence-corrected chi connectivity index (χ0v) is 15.6. The molecule has 4 aromatic rings. The molecule has 1 aliphatic rings. The number of anilines is 5. The molecule has 0 bridgehead atoms. The van der Waals surface area contributed by atoms with Gasteiger partial charge in [0.25, 0.3) is 0 Å². The van der Waals surface area contributed by atoms with Gasteiger partial charge in [-0.15, -0.1) is 0 Å². The van der Waals surface area contributed by atoms with E-state index in [1.807, 2.05) is 0 Å². The molecule has 1 heterocycles. The van der Waals surface area contributed by atoms with Gasteiger partial charge in [-0.05, 0) is 49.6 Å². The van der Waals surface area contributed by atoms with Crippen molar-refractivity contribution in [2.24, 2.45) is 0 Å². The van der Waals surface area contributed by atoms with Crippen LogP contribution in [0.5, 0.6) is 0 Å². The number of hydrogen-bond acceptors (Lipinski definition) is 2. The first-order chi connectivity index (χ1) is 13.3. The first-order valence-electron chi connectivity index (χ1n) is 9.51. The highest BCUT2D eigenvalue weighted by atomic mass is 15.3. The minimum absolute atomic E-state index is 0.377. The van der Waals surface area contributed by atoms with Crippen molar-refractivity contribution in [3.63, 3.8) is 0 Å². The molecule has 0 aliphatic carbocycles. The van der Waals surface area contributed by atoms with Crippen LogP contribution < -0.4 is 9.80 Å². The molecule has 0 amide bonds. The Morgan fingerprint density at radius 2 is 1.00 bits per heavy atom. The monoisotopic (exact) mass is 350 g/mol. The number of para-hydroxylation sites is 4. The fourth-order valence-corrected chi connectivity index (χ4v) is 4.19. The van der Waals surface area contributed by atoms with Gasteiger partial charge < -0.3 is 9.80 Å². The van der Waals surface area contributed by atoms with Crippen LogP contribution in [-0.2, 0) is 0 Å². The predicted octanol–water partition coefficient (Wildman–Crippen LogP) is 7.17. The van der Waals surface area contributed by atoms with Gasteiger partial charge in [0.2, 0.25) is 0 Å². The van der Waals surface area contributed by atoms with Gasteiger partial charge in [0.15, 0.2) is 0 Å². The summed E-state index contributed by atoms with van der Waals surface area (Å²) >= 11 is 0. The summed E-state index contributed by atoms with van der Waals surface area (Å²) in [6.07, 6.45) is 0.